The summed E-state index contributed by atoms with van der Waals surface area (Å²) in [5, 5.41) is 6.19. The quantitative estimate of drug-likeness (QED) is 0.705. The van der Waals surface area contributed by atoms with Crippen LogP contribution in [0.5, 0.6) is 0 Å². The fourth-order valence-electron chi connectivity index (χ4n) is 2.18. The normalized spacial score (nSPS) is 11.2. The molecule has 0 saturated carbocycles. The molecule has 0 spiro atoms. The summed E-state index contributed by atoms with van der Waals surface area (Å²) in [6, 6.07) is 8.05. The molecule has 2 heterocycles. The Morgan fingerprint density at radius 1 is 1.28 bits per heavy atom. The highest BCUT2D eigenvalue weighted by molar-refractivity contribution is 6.35. The van der Waals surface area contributed by atoms with Gasteiger partial charge in [-0.2, -0.15) is 5.10 Å². The first-order valence-corrected chi connectivity index (χ1v) is 6.40. The zero-order chi connectivity index (χ0) is 12.5. The first kappa shape index (κ1) is 11.4. The highest BCUT2D eigenvalue weighted by Gasteiger charge is 2.05. The first-order valence-electron chi connectivity index (χ1n) is 6.02. The Hall–Kier alpha value is -1.74. The third-order valence-electron chi connectivity index (χ3n) is 3.12. The van der Waals surface area contributed by atoms with Gasteiger partial charge in [-0.1, -0.05) is 17.7 Å². The third-order valence-corrected chi connectivity index (χ3v) is 3.45. The molecule has 4 heteroatoms. The van der Waals surface area contributed by atoms with E-state index in [-0.39, 0.29) is 0 Å². The topological polar surface area (TPSA) is 22.8 Å². The fraction of sp³-hybridized carbons (Fsp3) is 0.214. The first-order chi connectivity index (χ1) is 8.78. The highest BCUT2D eigenvalue weighted by Crippen LogP contribution is 2.24. The second-order valence-electron chi connectivity index (χ2n) is 4.32. The van der Waals surface area contributed by atoms with Crippen LogP contribution in [0.3, 0.4) is 0 Å². The van der Waals surface area contributed by atoms with Gasteiger partial charge in [-0.3, -0.25) is 4.68 Å². The van der Waals surface area contributed by atoms with E-state index in [9.17, 15) is 0 Å². The summed E-state index contributed by atoms with van der Waals surface area (Å²) in [7, 11) is 0. The van der Waals surface area contributed by atoms with E-state index in [4.69, 9.17) is 11.6 Å². The molecule has 18 heavy (non-hydrogen) atoms. The molecule has 0 bridgehead atoms. The van der Waals surface area contributed by atoms with Gasteiger partial charge in [0.15, 0.2) is 0 Å². The second-order valence-corrected chi connectivity index (χ2v) is 4.73. The van der Waals surface area contributed by atoms with Crippen molar-refractivity contribution in [3.05, 3.63) is 53.4 Å². The van der Waals surface area contributed by atoms with Crippen molar-refractivity contribution in [1.82, 2.24) is 14.3 Å². The number of aromatic nitrogens is 3. The maximum atomic E-state index is 6.17. The Morgan fingerprint density at radius 3 is 2.94 bits per heavy atom. The van der Waals surface area contributed by atoms with Crippen LogP contribution in [0.1, 0.15) is 12.5 Å². The van der Waals surface area contributed by atoms with Crippen LogP contribution in [-0.4, -0.2) is 14.3 Å². The summed E-state index contributed by atoms with van der Waals surface area (Å²) in [4.78, 5) is 0. The van der Waals surface area contributed by atoms with Gasteiger partial charge in [0.25, 0.3) is 0 Å². The van der Waals surface area contributed by atoms with Crippen molar-refractivity contribution in [3.8, 4) is 0 Å². The Bertz CT molecular complexity index is 681. The molecule has 0 radical (unpaired) electrons. The van der Waals surface area contributed by atoms with Crippen molar-refractivity contribution in [2.45, 2.75) is 20.0 Å². The fourth-order valence-corrected chi connectivity index (χ4v) is 2.41. The Balaban J connectivity index is 1.97. The van der Waals surface area contributed by atoms with E-state index in [2.05, 4.69) is 41.1 Å². The minimum absolute atomic E-state index is 0.801. The minimum atomic E-state index is 0.801. The molecule has 2 aromatic heterocycles. The lowest BCUT2D eigenvalue weighted by Crippen LogP contribution is -1.97. The van der Waals surface area contributed by atoms with Gasteiger partial charge in [-0.05, 0) is 25.1 Å². The molecule has 92 valence electrons. The number of benzene rings is 1. The molecule has 0 fully saturated rings. The average molecular weight is 260 g/mol. The van der Waals surface area contributed by atoms with Crippen molar-refractivity contribution in [2.24, 2.45) is 0 Å². The number of nitrogens with zero attached hydrogens (tertiary/aromatic N) is 3. The summed E-state index contributed by atoms with van der Waals surface area (Å²) < 4.78 is 4.13. The number of halogens is 1. The number of hydrogen-bond donors (Lipinski definition) is 0. The zero-order valence-corrected chi connectivity index (χ0v) is 10.9. The van der Waals surface area contributed by atoms with Gasteiger partial charge in [0.05, 0.1) is 12.7 Å². The molecule has 3 rings (SSSR count). The van der Waals surface area contributed by atoms with E-state index >= 15 is 0 Å². The Morgan fingerprint density at radius 2 is 2.17 bits per heavy atom. The smallest absolute Gasteiger partial charge is 0.0539 e. The third kappa shape index (κ3) is 1.91. The van der Waals surface area contributed by atoms with Gasteiger partial charge in [-0.15, -0.1) is 0 Å². The number of rotatable bonds is 3. The summed E-state index contributed by atoms with van der Waals surface area (Å²) in [6.07, 6.45) is 6.07. The molecule has 0 N–H and O–H groups in total. The lowest BCUT2D eigenvalue weighted by atomic mass is 10.2. The van der Waals surface area contributed by atoms with E-state index in [1.54, 1.807) is 0 Å². The summed E-state index contributed by atoms with van der Waals surface area (Å²) in [5.41, 5.74) is 2.36. The maximum absolute atomic E-state index is 6.17. The van der Waals surface area contributed by atoms with E-state index in [1.807, 2.05) is 23.0 Å². The van der Waals surface area contributed by atoms with E-state index < -0.39 is 0 Å². The SMILES string of the molecule is CCn1cc(Cn2ccc3c(Cl)cccc32)cn1. The number of aryl methyl sites for hydroxylation is 1. The molecule has 0 atom stereocenters. The van der Waals surface area contributed by atoms with Gasteiger partial charge >= 0.3 is 0 Å². The van der Waals surface area contributed by atoms with Gasteiger partial charge in [0, 0.05) is 40.4 Å². The second kappa shape index (κ2) is 4.50. The minimum Gasteiger partial charge on any atom is -0.343 e. The maximum Gasteiger partial charge on any atom is 0.0539 e. The highest BCUT2D eigenvalue weighted by atomic mass is 35.5. The van der Waals surface area contributed by atoms with Crippen molar-refractivity contribution in [1.29, 1.82) is 0 Å². The van der Waals surface area contributed by atoms with E-state index in [0.717, 1.165) is 29.0 Å². The molecule has 1 aromatic carbocycles. The lowest BCUT2D eigenvalue weighted by molar-refractivity contribution is 0.658. The molecule has 0 saturated heterocycles. The van der Waals surface area contributed by atoms with Crippen molar-refractivity contribution in [3.63, 3.8) is 0 Å². The van der Waals surface area contributed by atoms with Crippen molar-refractivity contribution < 1.29 is 0 Å². The molecule has 0 aliphatic carbocycles. The van der Waals surface area contributed by atoms with Crippen LogP contribution in [-0.2, 0) is 13.1 Å². The molecular weight excluding hydrogens is 246 g/mol. The van der Waals surface area contributed by atoms with Crippen LogP contribution in [0.15, 0.2) is 42.9 Å². The van der Waals surface area contributed by atoms with Crippen molar-refractivity contribution >= 4 is 22.5 Å². The average Bonchev–Trinajstić information content (AvgIpc) is 2.98. The molecule has 3 aromatic rings. The molecule has 0 unspecified atom stereocenters. The van der Waals surface area contributed by atoms with E-state index in [1.165, 1.54) is 5.56 Å². The predicted octanol–water partition coefficient (Wildman–Crippen LogP) is 3.56. The largest absolute Gasteiger partial charge is 0.343 e. The van der Waals surface area contributed by atoms with Gasteiger partial charge < -0.3 is 4.57 Å². The van der Waals surface area contributed by atoms with Gasteiger partial charge in [0.2, 0.25) is 0 Å². The molecule has 0 aliphatic heterocycles. The van der Waals surface area contributed by atoms with Crippen molar-refractivity contribution in [2.75, 3.05) is 0 Å². The van der Waals surface area contributed by atoms with Crippen LogP contribution in [0.4, 0.5) is 0 Å². The lowest BCUT2D eigenvalue weighted by Gasteiger charge is -2.03. The van der Waals surface area contributed by atoms with Gasteiger partial charge in [0.1, 0.15) is 0 Å². The summed E-state index contributed by atoms with van der Waals surface area (Å²) in [6.45, 7) is 3.81. The molecule has 0 aliphatic rings. The van der Waals surface area contributed by atoms with Crippen LogP contribution < -0.4 is 0 Å². The van der Waals surface area contributed by atoms with Gasteiger partial charge in [-0.25, -0.2) is 0 Å². The summed E-state index contributed by atoms with van der Waals surface area (Å²) >= 11 is 6.17. The summed E-state index contributed by atoms with van der Waals surface area (Å²) in [5.74, 6) is 0. The van der Waals surface area contributed by atoms with Crippen LogP contribution in [0.2, 0.25) is 5.02 Å². The number of fused-ring (bicyclic) bond motifs is 1. The number of hydrogen-bond acceptors (Lipinski definition) is 1. The van der Waals surface area contributed by atoms with E-state index in [0.29, 0.717) is 0 Å². The van der Waals surface area contributed by atoms with Crippen LogP contribution >= 0.6 is 11.6 Å². The Kier molecular flexibility index (Phi) is 2.84. The van der Waals surface area contributed by atoms with Crippen LogP contribution in [0, 0.1) is 0 Å². The standard InChI is InChI=1S/C14H14ClN3/c1-2-18-10-11(8-16-18)9-17-7-6-12-13(15)4-3-5-14(12)17/h3-8,10H,2,9H2,1H3. The Labute approximate surface area is 111 Å². The molecular formula is C14H14ClN3. The molecule has 3 nitrogen and oxygen atoms in total. The zero-order valence-electron chi connectivity index (χ0n) is 10.2. The predicted molar refractivity (Wildman–Crippen MR) is 74.0 cm³/mol. The van der Waals surface area contributed by atoms with Crippen LogP contribution in [0.25, 0.3) is 10.9 Å². The monoisotopic (exact) mass is 259 g/mol. The molecule has 0 amide bonds.